The number of rotatable bonds is 5. The quantitative estimate of drug-likeness (QED) is 0.801. The van der Waals surface area contributed by atoms with Gasteiger partial charge in [0.25, 0.3) is 5.91 Å². The van der Waals surface area contributed by atoms with Gasteiger partial charge >= 0.3 is 0 Å². The molecule has 0 bridgehead atoms. The van der Waals surface area contributed by atoms with Gasteiger partial charge in [-0.05, 0) is 13.8 Å². The van der Waals surface area contributed by atoms with Crippen molar-refractivity contribution in [2.24, 2.45) is 0 Å². The molecule has 0 aliphatic carbocycles. The highest BCUT2D eigenvalue weighted by molar-refractivity contribution is 5.91. The topological polar surface area (TPSA) is 63.0 Å². The van der Waals surface area contributed by atoms with Crippen LogP contribution in [0.2, 0.25) is 0 Å². The SMILES string of the molecule is CCN(CCN1CCOCC1)C(=O)c1cc(=O)cc(C)o1. The number of ether oxygens (including phenoxy) is 1. The third-order valence-electron chi connectivity index (χ3n) is 3.56. The van der Waals surface area contributed by atoms with Crippen LogP contribution in [0.1, 0.15) is 23.2 Å². The Bertz CT molecular complexity index is 535. The largest absolute Gasteiger partial charge is 0.456 e. The van der Waals surface area contributed by atoms with Gasteiger partial charge in [-0.15, -0.1) is 0 Å². The Kier molecular flexibility index (Phi) is 5.52. The Morgan fingerprint density at radius 1 is 1.33 bits per heavy atom. The second-order valence-corrected chi connectivity index (χ2v) is 5.11. The molecule has 1 aliphatic heterocycles. The molecule has 2 rings (SSSR count). The number of nitrogens with zero attached hydrogens (tertiary/aromatic N) is 2. The van der Waals surface area contributed by atoms with Gasteiger partial charge in [0.1, 0.15) is 5.76 Å². The van der Waals surface area contributed by atoms with Crippen LogP contribution >= 0.6 is 0 Å². The van der Waals surface area contributed by atoms with Gasteiger partial charge in [-0.1, -0.05) is 0 Å². The van der Waals surface area contributed by atoms with Crippen molar-refractivity contribution in [2.75, 3.05) is 45.9 Å². The van der Waals surface area contributed by atoms with Gasteiger partial charge in [-0.3, -0.25) is 14.5 Å². The van der Waals surface area contributed by atoms with Gasteiger partial charge in [0, 0.05) is 44.9 Å². The van der Waals surface area contributed by atoms with E-state index in [2.05, 4.69) is 4.90 Å². The van der Waals surface area contributed by atoms with Crippen molar-refractivity contribution in [1.29, 1.82) is 0 Å². The summed E-state index contributed by atoms with van der Waals surface area (Å²) in [7, 11) is 0. The number of aryl methyl sites for hydroxylation is 1. The van der Waals surface area contributed by atoms with E-state index >= 15 is 0 Å². The van der Waals surface area contributed by atoms with Crippen LogP contribution in [0, 0.1) is 6.92 Å². The normalized spacial score (nSPS) is 15.9. The number of carbonyl (C=O) groups is 1. The van der Waals surface area contributed by atoms with E-state index in [0.29, 0.717) is 18.8 Å². The summed E-state index contributed by atoms with van der Waals surface area (Å²) in [5.74, 6) is 0.338. The van der Waals surface area contributed by atoms with Crippen molar-refractivity contribution in [3.8, 4) is 0 Å². The van der Waals surface area contributed by atoms with Crippen LogP contribution in [0.25, 0.3) is 0 Å². The van der Waals surface area contributed by atoms with Crippen LogP contribution in [0.4, 0.5) is 0 Å². The molecule has 0 saturated carbocycles. The zero-order chi connectivity index (χ0) is 15.2. The van der Waals surface area contributed by atoms with E-state index in [1.165, 1.54) is 12.1 Å². The molecule has 1 aromatic rings. The Hall–Kier alpha value is -1.66. The molecule has 0 radical (unpaired) electrons. The zero-order valence-electron chi connectivity index (χ0n) is 12.6. The first-order valence-corrected chi connectivity index (χ1v) is 7.31. The van der Waals surface area contributed by atoms with E-state index in [4.69, 9.17) is 9.15 Å². The number of morpholine rings is 1. The fourth-order valence-corrected chi connectivity index (χ4v) is 2.35. The Balaban J connectivity index is 1.98. The molecule has 6 heteroatoms. The molecule has 0 unspecified atom stereocenters. The average Bonchev–Trinajstić information content (AvgIpc) is 2.47. The molecule has 1 aliphatic rings. The first-order chi connectivity index (χ1) is 10.1. The third kappa shape index (κ3) is 4.41. The van der Waals surface area contributed by atoms with E-state index in [0.717, 1.165) is 32.8 Å². The van der Waals surface area contributed by atoms with Crippen molar-refractivity contribution in [2.45, 2.75) is 13.8 Å². The molecular weight excluding hydrogens is 272 g/mol. The maximum absolute atomic E-state index is 12.4. The Morgan fingerprint density at radius 3 is 2.67 bits per heavy atom. The molecule has 0 N–H and O–H groups in total. The van der Waals surface area contributed by atoms with Gasteiger partial charge in [-0.2, -0.15) is 0 Å². The third-order valence-corrected chi connectivity index (χ3v) is 3.56. The lowest BCUT2D eigenvalue weighted by molar-refractivity contribution is 0.0324. The molecule has 21 heavy (non-hydrogen) atoms. The molecule has 1 aromatic heterocycles. The number of hydrogen-bond donors (Lipinski definition) is 0. The first kappa shape index (κ1) is 15.7. The standard InChI is InChI=1S/C15H22N2O4/c1-3-17(5-4-16-6-8-20-9-7-16)15(19)14-11-13(18)10-12(2)21-14/h10-11H,3-9H2,1-2H3. The van der Waals surface area contributed by atoms with Crippen molar-refractivity contribution >= 4 is 5.91 Å². The molecule has 1 fully saturated rings. The average molecular weight is 294 g/mol. The molecule has 0 spiro atoms. The van der Waals surface area contributed by atoms with E-state index < -0.39 is 0 Å². The summed E-state index contributed by atoms with van der Waals surface area (Å²) in [5, 5.41) is 0. The predicted molar refractivity (Wildman–Crippen MR) is 78.6 cm³/mol. The minimum absolute atomic E-state index is 0.115. The van der Waals surface area contributed by atoms with Gasteiger partial charge in [0.2, 0.25) is 0 Å². The van der Waals surface area contributed by atoms with Gasteiger partial charge in [0.15, 0.2) is 11.2 Å². The lowest BCUT2D eigenvalue weighted by atomic mass is 10.3. The second-order valence-electron chi connectivity index (χ2n) is 5.11. The minimum atomic E-state index is -0.230. The summed E-state index contributed by atoms with van der Waals surface area (Å²) in [6, 6.07) is 2.63. The van der Waals surface area contributed by atoms with Crippen LogP contribution in [-0.4, -0.2) is 61.6 Å². The fourth-order valence-electron chi connectivity index (χ4n) is 2.35. The molecule has 2 heterocycles. The molecule has 1 amide bonds. The summed E-state index contributed by atoms with van der Waals surface area (Å²) >= 11 is 0. The van der Waals surface area contributed by atoms with Crippen LogP contribution in [0.15, 0.2) is 21.3 Å². The van der Waals surface area contributed by atoms with Crippen molar-refractivity contribution in [1.82, 2.24) is 9.80 Å². The first-order valence-electron chi connectivity index (χ1n) is 7.31. The lowest BCUT2D eigenvalue weighted by Gasteiger charge is -2.29. The van der Waals surface area contributed by atoms with E-state index in [1.807, 2.05) is 6.92 Å². The monoisotopic (exact) mass is 294 g/mol. The second kappa shape index (κ2) is 7.38. The highest BCUT2D eigenvalue weighted by Crippen LogP contribution is 2.06. The van der Waals surface area contributed by atoms with Gasteiger partial charge in [0.05, 0.1) is 13.2 Å². The van der Waals surface area contributed by atoms with Crippen LogP contribution in [0.5, 0.6) is 0 Å². The van der Waals surface area contributed by atoms with E-state index in [1.54, 1.807) is 11.8 Å². The fraction of sp³-hybridized carbons (Fsp3) is 0.600. The summed E-state index contributed by atoms with van der Waals surface area (Å²) in [4.78, 5) is 27.9. The summed E-state index contributed by atoms with van der Waals surface area (Å²) < 4.78 is 10.7. The van der Waals surface area contributed by atoms with Crippen molar-refractivity contribution in [3.05, 3.63) is 33.9 Å². The zero-order valence-corrected chi connectivity index (χ0v) is 12.6. The van der Waals surface area contributed by atoms with Crippen LogP contribution in [0.3, 0.4) is 0 Å². The maximum Gasteiger partial charge on any atom is 0.289 e. The maximum atomic E-state index is 12.4. The number of carbonyl (C=O) groups excluding carboxylic acids is 1. The summed E-state index contributed by atoms with van der Waals surface area (Å²) in [6.45, 7) is 8.87. The molecule has 0 aromatic carbocycles. The summed E-state index contributed by atoms with van der Waals surface area (Å²) in [5.41, 5.74) is -0.202. The van der Waals surface area contributed by atoms with Crippen molar-refractivity contribution < 1.29 is 13.9 Å². The number of amides is 1. The van der Waals surface area contributed by atoms with Crippen LogP contribution in [-0.2, 0) is 4.74 Å². The summed E-state index contributed by atoms with van der Waals surface area (Å²) in [6.07, 6.45) is 0. The Morgan fingerprint density at radius 2 is 2.05 bits per heavy atom. The van der Waals surface area contributed by atoms with Crippen LogP contribution < -0.4 is 5.43 Å². The van der Waals surface area contributed by atoms with Crippen molar-refractivity contribution in [3.63, 3.8) is 0 Å². The number of hydrogen-bond acceptors (Lipinski definition) is 5. The molecule has 6 nitrogen and oxygen atoms in total. The number of likely N-dealkylation sites (N-methyl/N-ethyl adjacent to an activating group) is 1. The minimum Gasteiger partial charge on any atom is -0.456 e. The lowest BCUT2D eigenvalue weighted by Crippen LogP contribution is -2.43. The van der Waals surface area contributed by atoms with E-state index in [9.17, 15) is 9.59 Å². The van der Waals surface area contributed by atoms with Gasteiger partial charge in [-0.25, -0.2) is 0 Å². The molecule has 116 valence electrons. The molecule has 0 atom stereocenters. The smallest absolute Gasteiger partial charge is 0.289 e. The van der Waals surface area contributed by atoms with Gasteiger partial charge < -0.3 is 14.1 Å². The highest BCUT2D eigenvalue weighted by atomic mass is 16.5. The predicted octanol–water partition coefficient (Wildman–Crippen LogP) is 0.743. The molecular formula is C15H22N2O4. The molecule has 1 saturated heterocycles. The highest BCUT2D eigenvalue weighted by Gasteiger charge is 2.19. The Labute approximate surface area is 124 Å². The van der Waals surface area contributed by atoms with E-state index in [-0.39, 0.29) is 17.1 Å².